The van der Waals surface area contributed by atoms with Gasteiger partial charge in [0, 0.05) is 14.1 Å². The Labute approximate surface area is 135 Å². The molecule has 0 saturated carbocycles. The zero-order chi connectivity index (χ0) is 18.1. The van der Waals surface area contributed by atoms with Crippen LogP contribution >= 0.6 is 0 Å². The van der Waals surface area contributed by atoms with E-state index in [1.165, 1.54) is 44.4 Å². The summed E-state index contributed by atoms with van der Waals surface area (Å²) in [5, 5.41) is 0. The number of rotatable bonds is 3. The van der Waals surface area contributed by atoms with Gasteiger partial charge in [0.15, 0.2) is 6.61 Å². The van der Waals surface area contributed by atoms with E-state index in [4.69, 9.17) is 0 Å². The van der Waals surface area contributed by atoms with Crippen LogP contribution in [0.2, 0.25) is 0 Å². The first-order chi connectivity index (χ1) is 11.1. The molecule has 24 heavy (non-hydrogen) atoms. The Bertz CT molecular complexity index is 684. The highest BCUT2D eigenvalue weighted by Gasteiger charge is 2.37. The van der Waals surface area contributed by atoms with Gasteiger partial charge in [0.1, 0.15) is 11.3 Å². The maximum Gasteiger partial charge on any atom is 0.422 e. The van der Waals surface area contributed by atoms with Gasteiger partial charge in [0.25, 0.3) is 11.8 Å². The predicted octanol–water partition coefficient (Wildman–Crippen LogP) is 2.06. The minimum atomic E-state index is -4.44. The summed E-state index contributed by atoms with van der Waals surface area (Å²) >= 11 is 0. The van der Waals surface area contributed by atoms with Crippen LogP contribution in [0.4, 0.5) is 18.0 Å². The number of hydrogen-bond acceptors (Lipinski definition) is 4. The molecular formula is C15H13F3N2O4. The van der Waals surface area contributed by atoms with Gasteiger partial charge in [-0.3, -0.25) is 19.4 Å². The van der Waals surface area contributed by atoms with Gasteiger partial charge >= 0.3 is 12.2 Å². The number of imide groups is 2. The third kappa shape index (κ3) is 3.73. The van der Waals surface area contributed by atoms with E-state index in [-0.39, 0.29) is 11.3 Å². The summed E-state index contributed by atoms with van der Waals surface area (Å²) < 4.78 is 40.8. The second-order valence-electron chi connectivity index (χ2n) is 5.04. The topological polar surface area (TPSA) is 66.9 Å². The van der Waals surface area contributed by atoms with E-state index in [0.29, 0.717) is 5.56 Å². The largest absolute Gasteiger partial charge is 0.484 e. The molecule has 0 aromatic heterocycles. The highest BCUT2D eigenvalue weighted by molar-refractivity contribution is 6.30. The fourth-order valence-corrected chi connectivity index (χ4v) is 1.97. The zero-order valence-electron chi connectivity index (χ0n) is 12.8. The van der Waals surface area contributed by atoms with E-state index in [1.54, 1.807) is 0 Å². The average molecular weight is 342 g/mol. The van der Waals surface area contributed by atoms with Crippen LogP contribution in [0.1, 0.15) is 5.56 Å². The van der Waals surface area contributed by atoms with Crippen molar-refractivity contribution in [2.45, 2.75) is 6.18 Å². The second-order valence-corrected chi connectivity index (χ2v) is 5.04. The highest BCUT2D eigenvalue weighted by Crippen LogP contribution is 2.21. The van der Waals surface area contributed by atoms with Gasteiger partial charge in [-0.15, -0.1) is 0 Å². The minimum absolute atomic E-state index is 0.000172. The van der Waals surface area contributed by atoms with Gasteiger partial charge in [-0.25, -0.2) is 4.79 Å². The molecule has 0 atom stereocenters. The molecular weight excluding hydrogens is 329 g/mol. The van der Waals surface area contributed by atoms with Crippen LogP contribution in [0.25, 0.3) is 6.08 Å². The monoisotopic (exact) mass is 342 g/mol. The van der Waals surface area contributed by atoms with Crippen molar-refractivity contribution in [1.82, 2.24) is 9.80 Å². The molecule has 0 spiro atoms. The summed E-state index contributed by atoms with van der Waals surface area (Å²) in [5.41, 5.74) is 0.186. The molecule has 1 aliphatic rings. The summed E-state index contributed by atoms with van der Waals surface area (Å²) in [4.78, 5) is 37.2. The first-order valence-corrected chi connectivity index (χ1v) is 6.71. The molecule has 1 aliphatic heterocycles. The Morgan fingerprint density at radius 2 is 1.50 bits per heavy atom. The van der Waals surface area contributed by atoms with Crippen LogP contribution < -0.4 is 4.74 Å². The molecule has 0 unspecified atom stereocenters. The second kappa shape index (κ2) is 6.34. The number of alkyl halides is 3. The van der Waals surface area contributed by atoms with E-state index in [0.717, 1.165) is 9.80 Å². The van der Waals surface area contributed by atoms with Crippen LogP contribution in [-0.4, -0.2) is 54.5 Å². The molecule has 1 aromatic carbocycles. The van der Waals surface area contributed by atoms with Crippen molar-refractivity contribution >= 4 is 23.9 Å². The molecule has 4 amide bonds. The van der Waals surface area contributed by atoms with Gasteiger partial charge in [0.2, 0.25) is 0 Å². The van der Waals surface area contributed by atoms with Crippen LogP contribution in [0.5, 0.6) is 5.75 Å². The van der Waals surface area contributed by atoms with E-state index in [2.05, 4.69) is 4.74 Å². The molecule has 0 aliphatic carbocycles. The van der Waals surface area contributed by atoms with Crippen LogP contribution in [-0.2, 0) is 9.59 Å². The molecule has 2 rings (SSSR count). The molecule has 1 aromatic rings. The maximum atomic E-state index is 12.1. The molecule has 0 bridgehead atoms. The van der Waals surface area contributed by atoms with Gasteiger partial charge in [-0.05, 0) is 23.8 Å². The number of amides is 4. The summed E-state index contributed by atoms with van der Waals surface area (Å²) in [5.74, 6) is -1.50. The van der Waals surface area contributed by atoms with Crippen molar-refractivity contribution in [3.8, 4) is 5.75 Å². The normalized spacial score (nSPS) is 15.9. The third-order valence-corrected chi connectivity index (χ3v) is 3.24. The Hall–Kier alpha value is -2.84. The van der Waals surface area contributed by atoms with Crippen LogP contribution in [0, 0.1) is 0 Å². The van der Waals surface area contributed by atoms with E-state index in [9.17, 15) is 27.6 Å². The zero-order valence-corrected chi connectivity index (χ0v) is 12.8. The number of carbonyl (C=O) groups excluding carboxylic acids is 3. The molecule has 0 radical (unpaired) electrons. The number of barbiturate groups is 1. The maximum absolute atomic E-state index is 12.1. The molecule has 6 nitrogen and oxygen atoms in total. The molecule has 1 fully saturated rings. The van der Waals surface area contributed by atoms with E-state index >= 15 is 0 Å². The van der Waals surface area contributed by atoms with Crippen molar-refractivity contribution < 1.29 is 32.3 Å². The number of urea groups is 1. The standard InChI is InChI=1S/C15H13F3N2O4/c1-19-12(21)11(13(22)20(2)14(19)23)7-9-3-5-10(6-4-9)24-8-15(16,17)18/h3-7H,8H2,1-2H3. The lowest BCUT2D eigenvalue weighted by Gasteiger charge is -2.28. The first kappa shape index (κ1) is 17.5. The smallest absolute Gasteiger partial charge is 0.422 e. The fourth-order valence-electron chi connectivity index (χ4n) is 1.97. The predicted molar refractivity (Wildman–Crippen MR) is 76.9 cm³/mol. The molecule has 128 valence electrons. The lowest BCUT2D eigenvalue weighted by molar-refractivity contribution is -0.153. The van der Waals surface area contributed by atoms with E-state index < -0.39 is 30.6 Å². The van der Waals surface area contributed by atoms with Crippen molar-refractivity contribution in [3.05, 3.63) is 35.4 Å². The number of hydrogen-bond donors (Lipinski definition) is 0. The molecule has 9 heteroatoms. The number of nitrogens with zero attached hydrogens (tertiary/aromatic N) is 2. The molecule has 1 heterocycles. The number of halogens is 3. The quantitative estimate of drug-likeness (QED) is 0.623. The molecule has 1 saturated heterocycles. The van der Waals surface area contributed by atoms with Crippen molar-refractivity contribution in [2.24, 2.45) is 0 Å². The summed E-state index contributed by atoms with van der Waals surface area (Å²) in [6.45, 7) is -1.41. The highest BCUT2D eigenvalue weighted by atomic mass is 19.4. The number of carbonyl (C=O) groups is 3. The average Bonchev–Trinajstić information content (AvgIpc) is 2.53. The van der Waals surface area contributed by atoms with Crippen molar-refractivity contribution in [3.63, 3.8) is 0 Å². The third-order valence-electron chi connectivity index (χ3n) is 3.24. The van der Waals surface area contributed by atoms with E-state index in [1.807, 2.05) is 0 Å². The van der Waals surface area contributed by atoms with Gasteiger partial charge in [-0.1, -0.05) is 12.1 Å². The number of ether oxygens (including phenoxy) is 1. The van der Waals surface area contributed by atoms with Gasteiger partial charge < -0.3 is 4.74 Å². The van der Waals surface area contributed by atoms with Crippen molar-refractivity contribution in [2.75, 3.05) is 20.7 Å². The molecule has 0 N–H and O–H groups in total. The Balaban J connectivity index is 2.20. The Kier molecular flexibility index (Phi) is 4.63. The first-order valence-electron chi connectivity index (χ1n) is 6.71. The lowest BCUT2D eigenvalue weighted by Crippen LogP contribution is -2.52. The summed E-state index contributed by atoms with van der Waals surface area (Å²) in [7, 11) is 2.49. The Morgan fingerprint density at radius 3 is 1.96 bits per heavy atom. The summed E-state index contributed by atoms with van der Waals surface area (Å²) in [6, 6.07) is 4.63. The number of benzene rings is 1. The summed E-state index contributed by atoms with van der Waals surface area (Å²) in [6.07, 6.45) is -3.18. The lowest BCUT2D eigenvalue weighted by atomic mass is 10.1. The SMILES string of the molecule is CN1C(=O)C(=Cc2ccc(OCC(F)(F)F)cc2)C(=O)N(C)C1=O. The van der Waals surface area contributed by atoms with Gasteiger partial charge in [0.05, 0.1) is 0 Å². The number of likely N-dealkylation sites (N-methyl/N-ethyl adjacent to an activating group) is 2. The fraction of sp³-hybridized carbons (Fsp3) is 0.267. The van der Waals surface area contributed by atoms with Crippen LogP contribution in [0.15, 0.2) is 29.8 Å². The van der Waals surface area contributed by atoms with Crippen LogP contribution in [0.3, 0.4) is 0 Å². The Morgan fingerprint density at radius 1 is 1.00 bits per heavy atom. The minimum Gasteiger partial charge on any atom is -0.484 e. The van der Waals surface area contributed by atoms with Gasteiger partial charge in [-0.2, -0.15) is 13.2 Å². The van der Waals surface area contributed by atoms with Crippen molar-refractivity contribution in [1.29, 1.82) is 0 Å².